The maximum absolute atomic E-state index is 11.5. The Kier molecular flexibility index (Phi) is 6.28. The second-order valence-corrected chi connectivity index (χ2v) is 4.72. The number of piperazine rings is 1. The lowest BCUT2D eigenvalue weighted by atomic mass is 10.1. The highest BCUT2D eigenvalue weighted by Crippen LogP contribution is 2.12. The Bertz CT molecular complexity index is 426. The van der Waals surface area contributed by atoms with Crippen LogP contribution in [-0.4, -0.2) is 43.7 Å². The predicted molar refractivity (Wildman–Crippen MR) is 77.8 cm³/mol. The van der Waals surface area contributed by atoms with Crippen molar-refractivity contribution in [1.82, 2.24) is 10.2 Å². The summed E-state index contributed by atoms with van der Waals surface area (Å²) in [5, 5.41) is 3.37. The van der Waals surface area contributed by atoms with E-state index >= 15 is 0 Å². The molecule has 1 fully saturated rings. The van der Waals surface area contributed by atoms with Gasteiger partial charge in [0.25, 0.3) is 0 Å². The van der Waals surface area contributed by atoms with Crippen LogP contribution in [0.1, 0.15) is 22.8 Å². The van der Waals surface area contributed by atoms with Crippen LogP contribution in [0.25, 0.3) is 0 Å². The lowest BCUT2D eigenvalue weighted by Crippen LogP contribution is -2.49. The number of benzene rings is 1. The van der Waals surface area contributed by atoms with Gasteiger partial charge in [0.15, 0.2) is 0 Å². The van der Waals surface area contributed by atoms with Crippen LogP contribution < -0.4 is 5.32 Å². The first-order valence-corrected chi connectivity index (χ1v) is 6.32. The van der Waals surface area contributed by atoms with Gasteiger partial charge in [0.1, 0.15) is 0 Å². The molecule has 1 aromatic carbocycles. The van der Waals surface area contributed by atoms with Gasteiger partial charge in [0.05, 0.1) is 12.7 Å². The molecule has 1 saturated heterocycles. The van der Waals surface area contributed by atoms with Crippen molar-refractivity contribution in [3.8, 4) is 0 Å². The van der Waals surface area contributed by atoms with Crippen LogP contribution in [0.5, 0.6) is 0 Å². The lowest BCUT2D eigenvalue weighted by Gasteiger charge is -2.33. The first-order valence-electron chi connectivity index (χ1n) is 6.32. The summed E-state index contributed by atoms with van der Waals surface area (Å²) < 4.78 is 4.74. The Morgan fingerprint density at radius 2 is 2.32 bits per heavy atom. The van der Waals surface area contributed by atoms with Crippen LogP contribution in [0, 0.1) is 0 Å². The average molecular weight is 285 g/mol. The van der Waals surface area contributed by atoms with Gasteiger partial charge in [-0.1, -0.05) is 12.1 Å². The molecule has 106 valence electrons. The molecule has 0 aromatic heterocycles. The Balaban J connectivity index is 0.00000180. The molecule has 0 aliphatic carbocycles. The number of nitrogens with zero attached hydrogens (tertiary/aromatic N) is 1. The van der Waals surface area contributed by atoms with Gasteiger partial charge in [-0.3, -0.25) is 4.90 Å². The van der Waals surface area contributed by atoms with Crippen molar-refractivity contribution in [2.75, 3.05) is 26.7 Å². The Hall–Kier alpha value is -1.10. The van der Waals surface area contributed by atoms with Crippen molar-refractivity contribution < 1.29 is 9.53 Å². The molecular formula is C14H21ClN2O2. The number of hydrogen-bond donors (Lipinski definition) is 1. The number of carbonyl (C=O) groups excluding carboxylic acids is 1. The van der Waals surface area contributed by atoms with Gasteiger partial charge in [-0.25, -0.2) is 4.79 Å². The second-order valence-electron chi connectivity index (χ2n) is 4.72. The predicted octanol–water partition coefficient (Wildman–Crippen LogP) is 1.69. The van der Waals surface area contributed by atoms with Gasteiger partial charge >= 0.3 is 5.97 Å². The van der Waals surface area contributed by atoms with E-state index < -0.39 is 0 Å². The van der Waals surface area contributed by atoms with E-state index in [1.807, 2.05) is 12.1 Å². The minimum atomic E-state index is -0.273. The van der Waals surface area contributed by atoms with Crippen LogP contribution in [-0.2, 0) is 11.3 Å². The van der Waals surface area contributed by atoms with Gasteiger partial charge in [-0.2, -0.15) is 0 Å². The van der Waals surface area contributed by atoms with Crippen LogP contribution in [0.2, 0.25) is 0 Å². The highest BCUT2D eigenvalue weighted by molar-refractivity contribution is 5.89. The zero-order valence-corrected chi connectivity index (χ0v) is 12.2. The molecule has 1 aliphatic rings. The molecule has 0 spiro atoms. The number of esters is 1. The molecule has 4 nitrogen and oxygen atoms in total. The maximum Gasteiger partial charge on any atom is 0.337 e. The number of halogens is 1. The van der Waals surface area contributed by atoms with E-state index in [2.05, 4.69) is 23.2 Å². The quantitative estimate of drug-likeness (QED) is 0.858. The number of methoxy groups -OCH3 is 1. The van der Waals surface area contributed by atoms with Crippen molar-refractivity contribution in [3.05, 3.63) is 35.4 Å². The summed E-state index contributed by atoms with van der Waals surface area (Å²) in [5.74, 6) is -0.273. The SMILES string of the molecule is COC(=O)c1cccc(CN2CCNCC2C)c1.Cl. The number of rotatable bonds is 3. The molecule has 1 aliphatic heterocycles. The van der Waals surface area contributed by atoms with Crippen molar-refractivity contribution >= 4 is 18.4 Å². The van der Waals surface area contributed by atoms with E-state index in [1.165, 1.54) is 7.11 Å². The fraction of sp³-hybridized carbons (Fsp3) is 0.500. The van der Waals surface area contributed by atoms with Crippen molar-refractivity contribution in [1.29, 1.82) is 0 Å². The summed E-state index contributed by atoms with van der Waals surface area (Å²) in [4.78, 5) is 13.9. The monoisotopic (exact) mass is 284 g/mol. The molecule has 2 rings (SSSR count). The van der Waals surface area contributed by atoms with Gasteiger partial charge in [0.2, 0.25) is 0 Å². The van der Waals surface area contributed by atoms with Gasteiger partial charge < -0.3 is 10.1 Å². The molecule has 0 bridgehead atoms. The Morgan fingerprint density at radius 1 is 1.53 bits per heavy atom. The van der Waals surface area contributed by atoms with Gasteiger partial charge in [-0.15, -0.1) is 12.4 Å². The largest absolute Gasteiger partial charge is 0.465 e. The van der Waals surface area contributed by atoms with Crippen molar-refractivity contribution in [2.45, 2.75) is 19.5 Å². The third-order valence-corrected chi connectivity index (χ3v) is 3.37. The molecule has 0 amide bonds. The zero-order valence-electron chi connectivity index (χ0n) is 11.4. The van der Waals surface area contributed by atoms with Crippen molar-refractivity contribution in [3.63, 3.8) is 0 Å². The van der Waals surface area contributed by atoms with E-state index in [9.17, 15) is 4.79 Å². The number of ether oxygens (including phenoxy) is 1. The molecule has 1 unspecified atom stereocenters. The summed E-state index contributed by atoms with van der Waals surface area (Å²) in [6, 6.07) is 8.20. The fourth-order valence-corrected chi connectivity index (χ4v) is 2.27. The van der Waals surface area contributed by atoms with Crippen LogP contribution in [0.15, 0.2) is 24.3 Å². The number of carbonyl (C=O) groups is 1. The Morgan fingerprint density at radius 3 is 3.00 bits per heavy atom. The van der Waals surface area contributed by atoms with E-state index in [-0.39, 0.29) is 18.4 Å². The molecular weight excluding hydrogens is 264 g/mol. The minimum Gasteiger partial charge on any atom is -0.465 e. The summed E-state index contributed by atoms with van der Waals surface area (Å²) in [6.07, 6.45) is 0. The molecule has 1 aromatic rings. The van der Waals surface area contributed by atoms with Gasteiger partial charge in [0, 0.05) is 32.2 Å². The highest BCUT2D eigenvalue weighted by Gasteiger charge is 2.18. The molecule has 0 saturated carbocycles. The van der Waals surface area contributed by atoms with Crippen molar-refractivity contribution in [2.24, 2.45) is 0 Å². The topological polar surface area (TPSA) is 41.6 Å². The third kappa shape index (κ3) is 4.20. The molecule has 1 N–H and O–H groups in total. The van der Waals surface area contributed by atoms with E-state index in [0.717, 1.165) is 31.7 Å². The van der Waals surface area contributed by atoms with E-state index in [0.29, 0.717) is 11.6 Å². The minimum absolute atomic E-state index is 0. The van der Waals surface area contributed by atoms with Crippen LogP contribution in [0.4, 0.5) is 0 Å². The summed E-state index contributed by atoms with van der Waals surface area (Å²) in [6.45, 7) is 6.20. The molecule has 19 heavy (non-hydrogen) atoms. The Labute approximate surface area is 120 Å². The normalized spacial score (nSPS) is 19.6. The fourth-order valence-electron chi connectivity index (χ4n) is 2.27. The summed E-state index contributed by atoms with van der Waals surface area (Å²) in [7, 11) is 1.41. The zero-order chi connectivity index (χ0) is 13.0. The molecule has 5 heteroatoms. The third-order valence-electron chi connectivity index (χ3n) is 3.37. The highest BCUT2D eigenvalue weighted by atomic mass is 35.5. The lowest BCUT2D eigenvalue weighted by molar-refractivity contribution is 0.0600. The maximum atomic E-state index is 11.5. The average Bonchev–Trinajstić information content (AvgIpc) is 2.41. The van der Waals surface area contributed by atoms with Gasteiger partial charge in [-0.05, 0) is 24.6 Å². The summed E-state index contributed by atoms with van der Waals surface area (Å²) in [5.41, 5.74) is 1.78. The van der Waals surface area contributed by atoms with Crippen LogP contribution >= 0.6 is 12.4 Å². The number of hydrogen-bond acceptors (Lipinski definition) is 4. The molecule has 1 heterocycles. The van der Waals surface area contributed by atoms with E-state index in [1.54, 1.807) is 6.07 Å². The summed E-state index contributed by atoms with van der Waals surface area (Å²) >= 11 is 0. The first kappa shape index (κ1) is 16.0. The second kappa shape index (κ2) is 7.48. The first-order chi connectivity index (χ1) is 8.70. The van der Waals surface area contributed by atoms with E-state index in [4.69, 9.17) is 4.74 Å². The van der Waals surface area contributed by atoms with Crippen LogP contribution in [0.3, 0.4) is 0 Å². The standard InChI is InChI=1S/C14H20N2O2.ClH/c1-11-9-15-6-7-16(11)10-12-4-3-5-13(8-12)14(17)18-2;/h3-5,8,11,15H,6-7,9-10H2,1-2H3;1H. The molecule has 0 radical (unpaired) electrons. The number of nitrogens with one attached hydrogen (secondary N) is 1. The molecule has 1 atom stereocenters. The smallest absolute Gasteiger partial charge is 0.337 e.